The molecule has 2 nitrogen and oxygen atoms in total. The fraction of sp³-hybridized carbons (Fsp3) is 0.0169. The van der Waals surface area contributed by atoms with Crippen LogP contribution in [0.15, 0.2) is 239 Å². The van der Waals surface area contributed by atoms with Gasteiger partial charge in [0.05, 0.1) is 11.1 Å². The fourth-order valence-electron chi connectivity index (χ4n) is 10.5. The zero-order valence-corrected chi connectivity index (χ0v) is 34.4. The van der Waals surface area contributed by atoms with E-state index in [0.29, 0.717) is 0 Å². The maximum atomic E-state index is 6.43. The molecule has 11 aromatic rings. The number of hydrogen-bond donors (Lipinski definition) is 0. The lowest BCUT2D eigenvalue weighted by Crippen LogP contribution is -2.32. The monoisotopic (exact) mass is 807 g/mol. The first kappa shape index (κ1) is 35.2. The zero-order chi connectivity index (χ0) is 40.8. The molecule has 290 valence electrons. The second-order valence-corrected chi connectivity index (χ2v) is 17.4. The Labute approximate surface area is 364 Å². The van der Waals surface area contributed by atoms with E-state index >= 15 is 0 Å². The summed E-state index contributed by atoms with van der Waals surface area (Å²) in [5.41, 5.74) is 17.0. The summed E-state index contributed by atoms with van der Waals surface area (Å²) in [5.74, 6) is 0. The van der Waals surface area contributed by atoms with Crippen LogP contribution in [0, 0.1) is 0 Å². The number of benzene rings is 10. The van der Waals surface area contributed by atoms with E-state index < -0.39 is 5.41 Å². The molecule has 1 aliphatic heterocycles. The van der Waals surface area contributed by atoms with Crippen molar-refractivity contribution < 1.29 is 4.42 Å². The van der Waals surface area contributed by atoms with Crippen LogP contribution in [-0.2, 0) is 5.41 Å². The first-order valence-corrected chi connectivity index (χ1v) is 22.1. The van der Waals surface area contributed by atoms with Crippen molar-refractivity contribution in [3.63, 3.8) is 0 Å². The maximum absolute atomic E-state index is 6.43. The summed E-state index contributed by atoms with van der Waals surface area (Å²) in [6.07, 6.45) is 0. The molecule has 0 amide bonds. The number of furan rings is 1. The van der Waals surface area contributed by atoms with Gasteiger partial charge >= 0.3 is 0 Å². The van der Waals surface area contributed by atoms with E-state index in [4.69, 9.17) is 4.42 Å². The molecule has 1 aromatic heterocycles. The second kappa shape index (κ2) is 13.7. The third-order valence-electron chi connectivity index (χ3n) is 13.1. The molecule has 10 aromatic carbocycles. The van der Waals surface area contributed by atoms with E-state index in [2.05, 4.69) is 223 Å². The minimum atomic E-state index is -0.560. The Morgan fingerprint density at radius 2 is 0.984 bits per heavy atom. The SMILES string of the molecule is c1ccc(-c2cc(N(c3ccc4oc5ccccc5c4c3)c3ccccc3-c3cccc4ccccc34)cc3c2Sc2ccccc2C32c3ccccc3-c3ccccc32)cc1. The number of fused-ring (bicyclic) bond motifs is 13. The Hall–Kier alpha value is -7.59. The highest BCUT2D eigenvalue weighted by Crippen LogP contribution is 2.64. The summed E-state index contributed by atoms with van der Waals surface area (Å²) in [6, 6.07) is 82.5. The van der Waals surface area contributed by atoms with Gasteiger partial charge in [0, 0.05) is 37.5 Å². The molecular weight excluding hydrogens is 771 g/mol. The summed E-state index contributed by atoms with van der Waals surface area (Å²) in [4.78, 5) is 5.06. The number of anilines is 3. The van der Waals surface area contributed by atoms with Crippen molar-refractivity contribution >= 4 is 61.5 Å². The van der Waals surface area contributed by atoms with Crippen LogP contribution >= 0.6 is 11.8 Å². The smallest absolute Gasteiger partial charge is 0.135 e. The minimum absolute atomic E-state index is 0.560. The van der Waals surface area contributed by atoms with Crippen LogP contribution in [0.25, 0.3) is 66.1 Å². The number of nitrogens with zero attached hydrogens (tertiary/aromatic N) is 1. The van der Waals surface area contributed by atoms with Crippen LogP contribution in [0.2, 0.25) is 0 Å². The Kier molecular flexibility index (Phi) is 7.79. The maximum Gasteiger partial charge on any atom is 0.135 e. The Morgan fingerprint density at radius 1 is 0.371 bits per heavy atom. The van der Waals surface area contributed by atoms with Crippen LogP contribution in [-0.4, -0.2) is 0 Å². The average molecular weight is 808 g/mol. The van der Waals surface area contributed by atoms with Crippen LogP contribution in [0.1, 0.15) is 22.3 Å². The molecule has 3 heteroatoms. The third kappa shape index (κ3) is 5.06. The highest BCUT2D eigenvalue weighted by atomic mass is 32.2. The number of hydrogen-bond acceptors (Lipinski definition) is 3. The van der Waals surface area contributed by atoms with E-state index in [-0.39, 0.29) is 0 Å². The van der Waals surface area contributed by atoms with Crippen molar-refractivity contribution in [2.45, 2.75) is 15.2 Å². The molecule has 0 fully saturated rings. The molecule has 0 atom stereocenters. The van der Waals surface area contributed by atoms with Gasteiger partial charge in [0.15, 0.2) is 0 Å². The summed E-state index contributed by atoms with van der Waals surface area (Å²) in [6.45, 7) is 0. The summed E-state index contributed by atoms with van der Waals surface area (Å²) >= 11 is 1.90. The predicted molar refractivity (Wildman–Crippen MR) is 258 cm³/mol. The average Bonchev–Trinajstić information content (AvgIpc) is 3.86. The molecule has 0 N–H and O–H groups in total. The van der Waals surface area contributed by atoms with Gasteiger partial charge in [-0.3, -0.25) is 0 Å². The Balaban J connectivity index is 1.17. The minimum Gasteiger partial charge on any atom is -0.456 e. The lowest BCUT2D eigenvalue weighted by molar-refractivity contribution is 0.669. The van der Waals surface area contributed by atoms with Crippen LogP contribution < -0.4 is 4.90 Å². The fourth-order valence-corrected chi connectivity index (χ4v) is 11.8. The largest absolute Gasteiger partial charge is 0.456 e. The molecule has 0 bridgehead atoms. The van der Waals surface area contributed by atoms with Gasteiger partial charge in [0.1, 0.15) is 11.2 Å². The first-order valence-electron chi connectivity index (χ1n) is 21.2. The predicted octanol–water partition coefficient (Wildman–Crippen LogP) is 16.4. The highest BCUT2D eigenvalue weighted by Gasteiger charge is 2.51. The molecule has 62 heavy (non-hydrogen) atoms. The van der Waals surface area contributed by atoms with Crippen LogP contribution in [0.5, 0.6) is 0 Å². The summed E-state index contributed by atoms with van der Waals surface area (Å²) < 4.78 is 6.43. The second-order valence-electron chi connectivity index (χ2n) is 16.3. The van der Waals surface area contributed by atoms with Gasteiger partial charge in [-0.2, -0.15) is 0 Å². The van der Waals surface area contributed by atoms with Crippen molar-refractivity contribution in [2.75, 3.05) is 4.90 Å². The Bertz CT molecular complexity index is 3530. The Morgan fingerprint density at radius 3 is 1.81 bits per heavy atom. The number of rotatable bonds is 5. The molecule has 1 spiro atoms. The van der Waals surface area contributed by atoms with Crippen molar-refractivity contribution in [2.24, 2.45) is 0 Å². The quantitative estimate of drug-likeness (QED) is 0.172. The molecule has 0 saturated heterocycles. The van der Waals surface area contributed by atoms with Crippen molar-refractivity contribution in [1.29, 1.82) is 0 Å². The first-order chi connectivity index (χ1) is 30.8. The van der Waals surface area contributed by atoms with Gasteiger partial charge < -0.3 is 9.32 Å². The van der Waals surface area contributed by atoms with Gasteiger partial charge in [-0.05, 0) is 109 Å². The van der Waals surface area contributed by atoms with E-state index in [1.54, 1.807) is 0 Å². The lowest BCUT2D eigenvalue weighted by Gasteiger charge is -2.41. The molecule has 13 rings (SSSR count). The normalized spacial score (nSPS) is 13.2. The molecule has 0 saturated carbocycles. The van der Waals surface area contributed by atoms with Crippen molar-refractivity contribution in [1.82, 2.24) is 0 Å². The highest BCUT2D eigenvalue weighted by molar-refractivity contribution is 7.99. The molecule has 1 aliphatic carbocycles. The topological polar surface area (TPSA) is 16.4 Å². The molecule has 2 heterocycles. The van der Waals surface area contributed by atoms with Crippen LogP contribution in [0.3, 0.4) is 0 Å². The van der Waals surface area contributed by atoms with E-state index in [0.717, 1.165) is 44.6 Å². The number of para-hydroxylation sites is 2. The van der Waals surface area contributed by atoms with Crippen molar-refractivity contribution in [3.05, 3.63) is 247 Å². The van der Waals surface area contributed by atoms with E-state index in [1.165, 1.54) is 70.6 Å². The van der Waals surface area contributed by atoms with Gasteiger partial charge in [0.25, 0.3) is 0 Å². The molecule has 0 unspecified atom stereocenters. The zero-order valence-electron chi connectivity index (χ0n) is 33.6. The lowest BCUT2D eigenvalue weighted by atomic mass is 9.66. The van der Waals surface area contributed by atoms with Gasteiger partial charge in [-0.1, -0.05) is 188 Å². The molecule has 2 aliphatic rings. The van der Waals surface area contributed by atoms with Gasteiger partial charge in [-0.25, -0.2) is 0 Å². The van der Waals surface area contributed by atoms with Gasteiger partial charge in [-0.15, -0.1) is 0 Å². The standard InChI is InChI=1S/C59H37NOS/c1-2-17-39(18-3-1)48-36-41(37-53-58(48)62-57-32-15-12-29-52(57)59(53)50-27-10-6-22-44(50)45-23-7-11-28-51(45)59)60(40-33-34-56-49(35-40)47-25-9-14-31-55(47)61-56)54-30-13-8-24-46(54)43-26-16-20-38-19-4-5-21-42(38)43/h1-37H. The van der Waals surface area contributed by atoms with E-state index in [1.807, 2.05) is 17.8 Å². The van der Waals surface area contributed by atoms with Crippen molar-refractivity contribution in [3.8, 4) is 33.4 Å². The third-order valence-corrected chi connectivity index (χ3v) is 14.3. The molecular formula is C59H37NOS. The molecule has 0 radical (unpaired) electrons. The van der Waals surface area contributed by atoms with Gasteiger partial charge in [0.2, 0.25) is 0 Å². The van der Waals surface area contributed by atoms with Crippen LogP contribution in [0.4, 0.5) is 17.1 Å². The summed E-state index contributed by atoms with van der Waals surface area (Å²) in [5, 5.41) is 4.63. The summed E-state index contributed by atoms with van der Waals surface area (Å²) in [7, 11) is 0. The van der Waals surface area contributed by atoms with E-state index in [9.17, 15) is 0 Å².